The molecule has 0 aliphatic rings. The maximum atomic E-state index is 12.5. The van der Waals surface area contributed by atoms with Gasteiger partial charge in [0, 0.05) is 10.4 Å². The molecule has 6 heteroatoms. The Morgan fingerprint density at radius 3 is 2.36 bits per heavy atom. The van der Waals surface area contributed by atoms with Crippen molar-refractivity contribution in [3.05, 3.63) is 74.9 Å². The van der Waals surface area contributed by atoms with E-state index in [0.717, 1.165) is 37.9 Å². The highest BCUT2D eigenvalue weighted by Crippen LogP contribution is 2.28. The summed E-state index contributed by atoms with van der Waals surface area (Å²) >= 11 is 1.55. The predicted octanol–water partition coefficient (Wildman–Crippen LogP) is 4.86. The van der Waals surface area contributed by atoms with Crippen molar-refractivity contribution in [3.63, 3.8) is 0 Å². The zero-order valence-electron chi connectivity index (χ0n) is 15.9. The van der Waals surface area contributed by atoms with Gasteiger partial charge in [-0.05, 0) is 61.4 Å². The molecule has 4 rings (SSSR count). The summed E-state index contributed by atoms with van der Waals surface area (Å²) in [6.07, 6.45) is 0. The van der Waals surface area contributed by atoms with Crippen LogP contribution in [-0.4, -0.2) is 17.1 Å². The van der Waals surface area contributed by atoms with Gasteiger partial charge in [-0.1, -0.05) is 12.1 Å². The van der Waals surface area contributed by atoms with Crippen LogP contribution in [0.5, 0.6) is 11.5 Å². The Balaban J connectivity index is 1.52. The van der Waals surface area contributed by atoms with Gasteiger partial charge >= 0.3 is 0 Å². The average Bonchev–Trinajstić information content (AvgIpc) is 3.01. The summed E-state index contributed by atoms with van der Waals surface area (Å²) < 4.78 is 11.0. The first kappa shape index (κ1) is 18.3. The minimum atomic E-state index is -0.0957. The SMILES string of the molecule is COc1ccc(COc2ccc(-c3nc4sc(C)c(C)c4c(=O)[nH]3)cc2)cc1. The van der Waals surface area contributed by atoms with Gasteiger partial charge in [-0.25, -0.2) is 4.98 Å². The molecule has 5 nitrogen and oxygen atoms in total. The first-order chi connectivity index (χ1) is 13.5. The number of aryl methyl sites for hydroxylation is 2. The van der Waals surface area contributed by atoms with Crippen LogP contribution in [0.1, 0.15) is 16.0 Å². The highest BCUT2D eigenvalue weighted by Gasteiger charge is 2.12. The highest BCUT2D eigenvalue weighted by molar-refractivity contribution is 7.18. The molecule has 142 valence electrons. The molecular formula is C22H20N2O3S. The number of hydrogen-bond donors (Lipinski definition) is 1. The molecule has 0 unspecified atom stereocenters. The monoisotopic (exact) mass is 392 g/mol. The number of hydrogen-bond acceptors (Lipinski definition) is 5. The number of ether oxygens (including phenoxy) is 2. The largest absolute Gasteiger partial charge is 0.497 e. The topological polar surface area (TPSA) is 64.2 Å². The van der Waals surface area contributed by atoms with Crippen molar-refractivity contribution in [2.45, 2.75) is 20.5 Å². The number of thiophene rings is 1. The minimum absolute atomic E-state index is 0.0957. The Morgan fingerprint density at radius 1 is 1.00 bits per heavy atom. The third kappa shape index (κ3) is 3.51. The quantitative estimate of drug-likeness (QED) is 0.527. The summed E-state index contributed by atoms with van der Waals surface area (Å²) in [5, 5.41) is 0.686. The van der Waals surface area contributed by atoms with Crippen LogP contribution in [0.15, 0.2) is 53.3 Å². The molecule has 0 radical (unpaired) electrons. The Morgan fingerprint density at radius 2 is 1.68 bits per heavy atom. The second kappa shape index (κ2) is 7.48. The molecule has 2 heterocycles. The lowest BCUT2D eigenvalue weighted by molar-refractivity contribution is 0.306. The summed E-state index contributed by atoms with van der Waals surface area (Å²) in [4.78, 5) is 21.9. The third-order valence-corrected chi connectivity index (χ3v) is 5.83. The van der Waals surface area contributed by atoms with E-state index in [9.17, 15) is 4.79 Å². The average molecular weight is 392 g/mol. The lowest BCUT2D eigenvalue weighted by atomic mass is 10.2. The van der Waals surface area contributed by atoms with E-state index in [1.807, 2.05) is 62.4 Å². The fraction of sp³-hybridized carbons (Fsp3) is 0.182. The van der Waals surface area contributed by atoms with Gasteiger partial charge in [0.05, 0.1) is 12.5 Å². The number of aromatic nitrogens is 2. The molecule has 1 N–H and O–H groups in total. The molecule has 0 aliphatic heterocycles. The van der Waals surface area contributed by atoms with Crippen molar-refractivity contribution in [1.29, 1.82) is 0 Å². The van der Waals surface area contributed by atoms with Crippen molar-refractivity contribution in [1.82, 2.24) is 9.97 Å². The van der Waals surface area contributed by atoms with Crippen LogP contribution in [0.3, 0.4) is 0 Å². The maximum Gasteiger partial charge on any atom is 0.260 e. The summed E-state index contributed by atoms with van der Waals surface area (Å²) in [5.74, 6) is 2.15. The van der Waals surface area contributed by atoms with Gasteiger partial charge in [0.1, 0.15) is 28.8 Å². The molecule has 0 atom stereocenters. The second-order valence-electron chi connectivity index (χ2n) is 6.54. The van der Waals surface area contributed by atoms with E-state index in [1.54, 1.807) is 18.4 Å². The van der Waals surface area contributed by atoms with E-state index < -0.39 is 0 Å². The van der Waals surface area contributed by atoms with Crippen molar-refractivity contribution >= 4 is 21.6 Å². The van der Waals surface area contributed by atoms with Gasteiger partial charge in [0.25, 0.3) is 5.56 Å². The third-order valence-electron chi connectivity index (χ3n) is 4.73. The van der Waals surface area contributed by atoms with Crippen LogP contribution in [0.4, 0.5) is 0 Å². The van der Waals surface area contributed by atoms with Crippen LogP contribution < -0.4 is 15.0 Å². The summed E-state index contributed by atoms with van der Waals surface area (Å²) in [5.41, 5.74) is 2.81. The number of aromatic amines is 1. The highest BCUT2D eigenvalue weighted by atomic mass is 32.1. The van der Waals surface area contributed by atoms with Crippen molar-refractivity contribution in [2.75, 3.05) is 7.11 Å². The standard InChI is InChI=1S/C22H20N2O3S/c1-13-14(2)28-22-19(13)21(25)23-20(24-22)16-6-10-18(11-7-16)27-12-15-4-8-17(26-3)9-5-15/h4-11H,12H2,1-3H3,(H,23,24,25). The van der Waals surface area contributed by atoms with Crippen molar-refractivity contribution < 1.29 is 9.47 Å². The summed E-state index contributed by atoms with van der Waals surface area (Å²) in [6.45, 7) is 4.44. The molecule has 0 amide bonds. The molecule has 28 heavy (non-hydrogen) atoms. The normalized spacial score (nSPS) is 11.0. The van der Waals surface area contributed by atoms with Crippen LogP contribution in [0, 0.1) is 13.8 Å². The summed E-state index contributed by atoms with van der Waals surface area (Å²) in [7, 11) is 1.65. The lowest BCUT2D eigenvalue weighted by Crippen LogP contribution is -2.09. The van der Waals surface area contributed by atoms with Gasteiger partial charge in [0.2, 0.25) is 0 Å². The fourth-order valence-electron chi connectivity index (χ4n) is 2.99. The maximum absolute atomic E-state index is 12.5. The predicted molar refractivity (Wildman–Crippen MR) is 112 cm³/mol. The van der Waals surface area contributed by atoms with Crippen molar-refractivity contribution in [3.8, 4) is 22.9 Å². The number of fused-ring (bicyclic) bond motifs is 1. The van der Waals surface area contributed by atoms with E-state index in [-0.39, 0.29) is 5.56 Å². The molecule has 2 aromatic heterocycles. The minimum Gasteiger partial charge on any atom is -0.497 e. The second-order valence-corrected chi connectivity index (χ2v) is 7.74. The Kier molecular flexibility index (Phi) is 4.88. The van der Waals surface area contributed by atoms with E-state index in [1.165, 1.54) is 0 Å². The number of nitrogens with zero attached hydrogens (tertiary/aromatic N) is 1. The number of methoxy groups -OCH3 is 1. The number of H-pyrrole nitrogens is 1. The van der Waals surface area contributed by atoms with E-state index in [2.05, 4.69) is 9.97 Å². The lowest BCUT2D eigenvalue weighted by Gasteiger charge is -2.08. The van der Waals surface area contributed by atoms with E-state index >= 15 is 0 Å². The van der Waals surface area contributed by atoms with Crippen LogP contribution in [-0.2, 0) is 6.61 Å². The molecular weight excluding hydrogens is 372 g/mol. The number of benzene rings is 2. The smallest absolute Gasteiger partial charge is 0.260 e. The van der Waals surface area contributed by atoms with Gasteiger partial charge in [0.15, 0.2) is 0 Å². The number of nitrogens with one attached hydrogen (secondary N) is 1. The molecule has 2 aromatic carbocycles. The number of rotatable bonds is 5. The van der Waals surface area contributed by atoms with Gasteiger partial charge in [-0.15, -0.1) is 11.3 Å². The van der Waals surface area contributed by atoms with Crippen LogP contribution in [0.2, 0.25) is 0 Å². The molecule has 4 aromatic rings. The molecule has 0 fully saturated rings. The van der Waals surface area contributed by atoms with Crippen LogP contribution >= 0.6 is 11.3 Å². The molecule has 0 saturated heterocycles. The van der Waals surface area contributed by atoms with E-state index in [0.29, 0.717) is 17.8 Å². The first-order valence-corrected chi connectivity index (χ1v) is 9.73. The molecule has 0 saturated carbocycles. The fourth-order valence-corrected chi connectivity index (χ4v) is 4.02. The Labute approximate surface area is 166 Å². The zero-order chi connectivity index (χ0) is 19.7. The molecule has 0 bridgehead atoms. The molecule has 0 aliphatic carbocycles. The Hall–Kier alpha value is -3.12. The summed E-state index contributed by atoms with van der Waals surface area (Å²) in [6, 6.07) is 15.3. The van der Waals surface area contributed by atoms with Crippen LogP contribution in [0.25, 0.3) is 21.6 Å². The van der Waals surface area contributed by atoms with Gasteiger partial charge in [-0.2, -0.15) is 0 Å². The zero-order valence-corrected chi connectivity index (χ0v) is 16.7. The molecule has 0 spiro atoms. The van der Waals surface area contributed by atoms with Crippen molar-refractivity contribution in [2.24, 2.45) is 0 Å². The van der Waals surface area contributed by atoms with Gasteiger partial charge < -0.3 is 14.5 Å². The van der Waals surface area contributed by atoms with Gasteiger partial charge in [-0.3, -0.25) is 4.79 Å². The Bertz CT molecular complexity index is 1180. The van der Waals surface area contributed by atoms with E-state index in [4.69, 9.17) is 9.47 Å². The first-order valence-electron chi connectivity index (χ1n) is 8.91.